The third kappa shape index (κ3) is 8.75. The lowest BCUT2D eigenvalue weighted by Crippen LogP contribution is -2.23. The molecule has 0 aliphatic heterocycles. The summed E-state index contributed by atoms with van der Waals surface area (Å²) in [4.78, 5) is 11.2. The molecule has 0 saturated carbocycles. The van der Waals surface area contributed by atoms with Crippen molar-refractivity contribution in [1.29, 1.82) is 0 Å². The van der Waals surface area contributed by atoms with Crippen LogP contribution in [0.15, 0.2) is 0 Å². The maximum Gasteiger partial charge on any atom is 0.220 e. The van der Waals surface area contributed by atoms with Gasteiger partial charge in [-0.25, -0.2) is 0 Å². The van der Waals surface area contributed by atoms with E-state index in [4.69, 9.17) is 5.73 Å². The van der Waals surface area contributed by atoms with Crippen molar-refractivity contribution in [2.45, 2.75) is 78.1 Å². The minimum atomic E-state index is -0.0898. The summed E-state index contributed by atoms with van der Waals surface area (Å²) in [6, 6.07) is 0. The largest absolute Gasteiger partial charge is 0.369 e. The summed E-state index contributed by atoms with van der Waals surface area (Å²) >= 11 is 0. The van der Waals surface area contributed by atoms with E-state index in [0.717, 1.165) is 25.7 Å². The summed E-state index contributed by atoms with van der Waals surface area (Å²) in [5, 5.41) is 0. The first kappa shape index (κ1) is 15.5. The number of primary amides is 1. The lowest BCUT2D eigenvalue weighted by Gasteiger charge is -2.12. The zero-order chi connectivity index (χ0) is 12.2. The second kappa shape index (κ2) is 11.0. The van der Waals surface area contributed by atoms with E-state index in [-0.39, 0.29) is 11.8 Å². The molecule has 0 rings (SSSR count). The summed E-state index contributed by atoms with van der Waals surface area (Å²) in [6.45, 7) is 4.41. The van der Waals surface area contributed by atoms with Gasteiger partial charge in [0, 0.05) is 5.92 Å². The lowest BCUT2D eigenvalue weighted by molar-refractivity contribution is -0.122. The van der Waals surface area contributed by atoms with Crippen molar-refractivity contribution in [2.75, 3.05) is 0 Å². The molecule has 96 valence electrons. The summed E-state index contributed by atoms with van der Waals surface area (Å²) in [7, 11) is 0. The van der Waals surface area contributed by atoms with Crippen LogP contribution < -0.4 is 5.73 Å². The number of carbonyl (C=O) groups is 1. The minimum Gasteiger partial charge on any atom is -0.369 e. The highest BCUT2D eigenvalue weighted by atomic mass is 16.1. The smallest absolute Gasteiger partial charge is 0.220 e. The molecule has 0 unspecified atom stereocenters. The van der Waals surface area contributed by atoms with Gasteiger partial charge < -0.3 is 5.73 Å². The molecule has 0 aromatic rings. The van der Waals surface area contributed by atoms with Crippen LogP contribution in [-0.2, 0) is 4.79 Å². The van der Waals surface area contributed by atoms with Crippen LogP contribution in [-0.4, -0.2) is 5.91 Å². The molecule has 0 bridgehead atoms. The summed E-state index contributed by atoms with van der Waals surface area (Å²) < 4.78 is 0. The van der Waals surface area contributed by atoms with E-state index in [2.05, 4.69) is 13.8 Å². The first-order valence-electron chi connectivity index (χ1n) is 7.01. The standard InChI is InChI=1S/C14H29NO/c1-3-5-7-9-11-13(14(15)16)12-10-8-6-4-2/h13H,3-12H2,1-2H3,(H2,15,16). The first-order chi connectivity index (χ1) is 7.72. The molecule has 2 N–H and O–H groups in total. The van der Waals surface area contributed by atoms with E-state index >= 15 is 0 Å². The van der Waals surface area contributed by atoms with E-state index in [1.165, 1.54) is 38.5 Å². The van der Waals surface area contributed by atoms with Gasteiger partial charge in [-0.15, -0.1) is 0 Å². The quantitative estimate of drug-likeness (QED) is 0.532. The van der Waals surface area contributed by atoms with E-state index in [9.17, 15) is 4.79 Å². The third-order valence-electron chi connectivity index (χ3n) is 3.21. The number of nitrogens with two attached hydrogens (primary N) is 1. The fourth-order valence-electron chi connectivity index (χ4n) is 2.06. The lowest BCUT2D eigenvalue weighted by atomic mass is 9.94. The molecule has 0 saturated heterocycles. The van der Waals surface area contributed by atoms with Gasteiger partial charge in [0.05, 0.1) is 0 Å². The SMILES string of the molecule is CCCCCCC(CCCCCC)C(N)=O. The Balaban J connectivity index is 3.59. The van der Waals surface area contributed by atoms with Crippen molar-refractivity contribution in [3.8, 4) is 0 Å². The molecule has 0 aliphatic carbocycles. The first-order valence-corrected chi connectivity index (χ1v) is 7.01. The maximum absolute atomic E-state index is 11.2. The van der Waals surface area contributed by atoms with Gasteiger partial charge in [0.15, 0.2) is 0 Å². The van der Waals surface area contributed by atoms with Crippen molar-refractivity contribution < 1.29 is 4.79 Å². The number of hydrogen-bond donors (Lipinski definition) is 1. The molecule has 0 heterocycles. The number of rotatable bonds is 11. The Morgan fingerprint density at radius 3 is 1.62 bits per heavy atom. The Bertz CT molecular complexity index is 156. The summed E-state index contributed by atoms with van der Waals surface area (Å²) in [5.41, 5.74) is 5.43. The molecule has 0 aliphatic rings. The fourth-order valence-corrected chi connectivity index (χ4v) is 2.06. The van der Waals surface area contributed by atoms with Crippen molar-refractivity contribution in [1.82, 2.24) is 0 Å². The van der Waals surface area contributed by atoms with Crippen molar-refractivity contribution in [2.24, 2.45) is 11.7 Å². The van der Waals surface area contributed by atoms with E-state index < -0.39 is 0 Å². The number of hydrogen-bond acceptors (Lipinski definition) is 1. The highest BCUT2D eigenvalue weighted by Gasteiger charge is 2.13. The van der Waals surface area contributed by atoms with Gasteiger partial charge in [-0.05, 0) is 12.8 Å². The predicted molar refractivity (Wildman–Crippen MR) is 70.2 cm³/mol. The third-order valence-corrected chi connectivity index (χ3v) is 3.21. The maximum atomic E-state index is 11.2. The Morgan fingerprint density at radius 2 is 1.31 bits per heavy atom. The van der Waals surface area contributed by atoms with Crippen LogP contribution in [0, 0.1) is 5.92 Å². The monoisotopic (exact) mass is 227 g/mol. The van der Waals surface area contributed by atoms with Crippen LogP contribution in [0.1, 0.15) is 78.1 Å². The van der Waals surface area contributed by atoms with Gasteiger partial charge in [0.2, 0.25) is 5.91 Å². The van der Waals surface area contributed by atoms with Gasteiger partial charge in [0.1, 0.15) is 0 Å². The molecular weight excluding hydrogens is 198 g/mol. The van der Waals surface area contributed by atoms with Crippen LogP contribution in [0.5, 0.6) is 0 Å². The molecule has 0 aromatic carbocycles. The molecule has 2 heteroatoms. The number of unbranched alkanes of at least 4 members (excludes halogenated alkanes) is 6. The van der Waals surface area contributed by atoms with Gasteiger partial charge in [-0.1, -0.05) is 65.2 Å². The minimum absolute atomic E-state index is 0.0898. The molecular formula is C14H29NO. The Labute approximate surface area is 101 Å². The summed E-state index contributed by atoms with van der Waals surface area (Å²) in [6.07, 6.45) is 11.9. The Hall–Kier alpha value is -0.530. The Kier molecular flexibility index (Phi) is 10.6. The second-order valence-corrected chi connectivity index (χ2v) is 4.80. The van der Waals surface area contributed by atoms with Crippen molar-refractivity contribution >= 4 is 5.91 Å². The van der Waals surface area contributed by atoms with E-state index in [1.54, 1.807) is 0 Å². The van der Waals surface area contributed by atoms with Gasteiger partial charge in [0.25, 0.3) is 0 Å². The molecule has 0 radical (unpaired) electrons. The highest BCUT2D eigenvalue weighted by molar-refractivity contribution is 5.76. The van der Waals surface area contributed by atoms with Crippen LogP contribution in [0.4, 0.5) is 0 Å². The van der Waals surface area contributed by atoms with Crippen LogP contribution in [0.25, 0.3) is 0 Å². The van der Waals surface area contributed by atoms with Crippen LogP contribution in [0.2, 0.25) is 0 Å². The average Bonchev–Trinajstić information content (AvgIpc) is 2.26. The highest BCUT2D eigenvalue weighted by Crippen LogP contribution is 2.17. The molecule has 0 fully saturated rings. The van der Waals surface area contributed by atoms with Crippen molar-refractivity contribution in [3.63, 3.8) is 0 Å². The topological polar surface area (TPSA) is 43.1 Å². The molecule has 0 aromatic heterocycles. The van der Waals surface area contributed by atoms with Crippen LogP contribution >= 0.6 is 0 Å². The molecule has 0 atom stereocenters. The second-order valence-electron chi connectivity index (χ2n) is 4.80. The van der Waals surface area contributed by atoms with Gasteiger partial charge in [-0.2, -0.15) is 0 Å². The van der Waals surface area contributed by atoms with Gasteiger partial charge >= 0.3 is 0 Å². The molecule has 16 heavy (non-hydrogen) atoms. The molecule has 0 spiro atoms. The zero-order valence-corrected chi connectivity index (χ0v) is 11.1. The summed E-state index contributed by atoms with van der Waals surface area (Å²) in [5.74, 6) is 0.0432. The normalized spacial score (nSPS) is 10.9. The van der Waals surface area contributed by atoms with E-state index in [0.29, 0.717) is 0 Å². The van der Waals surface area contributed by atoms with Gasteiger partial charge in [-0.3, -0.25) is 4.79 Å². The zero-order valence-electron chi connectivity index (χ0n) is 11.1. The predicted octanol–water partition coefficient (Wildman–Crippen LogP) is 4.03. The average molecular weight is 227 g/mol. The van der Waals surface area contributed by atoms with E-state index in [1.807, 2.05) is 0 Å². The molecule has 2 nitrogen and oxygen atoms in total. The number of carbonyl (C=O) groups excluding carboxylic acids is 1. The van der Waals surface area contributed by atoms with Crippen LogP contribution in [0.3, 0.4) is 0 Å². The molecule has 1 amide bonds. The fraction of sp³-hybridized carbons (Fsp3) is 0.929. The Morgan fingerprint density at radius 1 is 0.875 bits per heavy atom. The number of amides is 1. The van der Waals surface area contributed by atoms with Crippen molar-refractivity contribution in [3.05, 3.63) is 0 Å².